The molecule has 2 aromatic carbocycles. The number of hydrogen-bond acceptors (Lipinski definition) is 4. The van der Waals surface area contributed by atoms with Crippen LogP contribution in [0.3, 0.4) is 0 Å². The number of ether oxygens (including phenoxy) is 2. The van der Waals surface area contributed by atoms with Gasteiger partial charge in [-0.05, 0) is 43.2 Å². The lowest BCUT2D eigenvalue weighted by atomic mass is 10.0. The summed E-state index contributed by atoms with van der Waals surface area (Å²) in [6.45, 7) is 4.36. The molecule has 3 rings (SSSR count). The molecule has 0 radical (unpaired) electrons. The molecule has 1 amide bonds. The molecule has 24 heavy (non-hydrogen) atoms. The second-order valence-corrected chi connectivity index (χ2v) is 5.57. The first-order valence-electron chi connectivity index (χ1n) is 7.52. The highest BCUT2D eigenvalue weighted by molar-refractivity contribution is 6.07. The molecule has 1 aliphatic rings. The number of carboxylic acid groups (broad SMARTS) is 1. The largest absolute Gasteiger partial charge is 0.486 e. The Balaban J connectivity index is 1.94. The molecule has 124 valence electrons. The van der Waals surface area contributed by atoms with Gasteiger partial charge in [-0.2, -0.15) is 0 Å². The molecule has 0 saturated heterocycles. The van der Waals surface area contributed by atoms with Crippen molar-refractivity contribution in [3.63, 3.8) is 0 Å². The molecule has 1 heterocycles. The van der Waals surface area contributed by atoms with E-state index in [1.54, 1.807) is 31.2 Å². The number of carboxylic acids is 1. The van der Waals surface area contributed by atoms with Crippen molar-refractivity contribution < 1.29 is 24.2 Å². The summed E-state index contributed by atoms with van der Waals surface area (Å²) >= 11 is 0. The third-order valence-corrected chi connectivity index (χ3v) is 3.86. The van der Waals surface area contributed by atoms with E-state index in [0.717, 1.165) is 5.56 Å². The summed E-state index contributed by atoms with van der Waals surface area (Å²) in [7, 11) is 0. The summed E-state index contributed by atoms with van der Waals surface area (Å²) in [5.74, 6) is -0.470. The highest BCUT2D eigenvalue weighted by Gasteiger charge is 2.21. The standard InChI is InChI=1S/C18H17NO5/c1-10-8-11(2)14(9-13(10)18(21)22)19-17(20)12-4-3-5-15-16(12)24-7-6-23-15/h3-5,8-9H,6-7H2,1-2H3,(H,19,20)(H,21,22). The van der Waals surface area contributed by atoms with Crippen molar-refractivity contribution in [1.82, 2.24) is 0 Å². The van der Waals surface area contributed by atoms with Crippen molar-refractivity contribution in [3.8, 4) is 11.5 Å². The van der Waals surface area contributed by atoms with Gasteiger partial charge in [0.15, 0.2) is 11.5 Å². The first kappa shape index (κ1) is 15.9. The van der Waals surface area contributed by atoms with Crippen LogP contribution in [-0.2, 0) is 0 Å². The number of benzene rings is 2. The van der Waals surface area contributed by atoms with Crippen molar-refractivity contribution in [2.45, 2.75) is 13.8 Å². The zero-order valence-corrected chi connectivity index (χ0v) is 13.4. The average molecular weight is 327 g/mol. The van der Waals surface area contributed by atoms with Gasteiger partial charge >= 0.3 is 5.97 Å². The van der Waals surface area contributed by atoms with E-state index in [1.807, 2.05) is 6.92 Å². The minimum absolute atomic E-state index is 0.158. The van der Waals surface area contributed by atoms with Crippen LogP contribution in [0.25, 0.3) is 0 Å². The Hall–Kier alpha value is -3.02. The van der Waals surface area contributed by atoms with E-state index in [9.17, 15) is 14.7 Å². The Morgan fingerprint density at radius 3 is 2.54 bits per heavy atom. The average Bonchev–Trinajstić information content (AvgIpc) is 2.56. The number of carbonyl (C=O) groups excluding carboxylic acids is 1. The third-order valence-electron chi connectivity index (χ3n) is 3.86. The lowest BCUT2D eigenvalue weighted by Gasteiger charge is -2.20. The van der Waals surface area contributed by atoms with Gasteiger partial charge in [0.2, 0.25) is 0 Å². The highest BCUT2D eigenvalue weighted by Crippen LogP contribution is 2.34. The van der Waals surface area contributed by atoms with E-state index in [4.69, 9.17) is 9.47 Å². The van der Waals surface area contributed by atoms with Crippen molar-refractivity contribution in [3.05, 3.63) is 52.6 Å². The quantitative estimate of drug-likeness (QED) is 0.905. The van der Waals surface area contributed by atoms with Gasteiger partial charge in [0.1, 0.15) is 13.2 Å². The number of aryl methyl sites for hydroxylation is 2. The number of carbonyl (C=O) groups is 2. The number of para-hydroxylation sites is 1. The van der Waals surface area contributed by atoms with Gasteiger partial charge in [0.05, 0.1) is 11.1 Å². The fourth-order valence-electron chi connectivity index (χ4n) is 2.66. The van der Waals surface area contributed by atoms with Crippen molar-refractivity contribution in [2.75, 3.05) is 18.5 Å². The lowest BCUT2D eigenvalue weighted by Crippen LogP contribution is -2.20. The number of anilines is 1. The fraction of sp³-hybridized carbons (Fsp3) is 0.222. The van der Waals surface area contributed by atoms with Gasteiger partial charge < -0.3 is 19.9 Å². The van der Waals surface area contributed by atoms with Crippen LogP contribution in [0.1, 0.15) is 31.8 Å². The van der Waals surface area contributed by atoms with Crippen LogP contribution in [0, 0.1) is 13.8 Å². The number of amides is 1. The summed E-state index contributed by atoms with van der Waals surface area (Å²) in [5, 5.41) is 12.0. The number of fused-ring (bicyclic) bond motifs is 1. The normalized spacial score (nSPS) is 12.6. The maximum Gasteiger partial charge on any atom is 0.336 e. The molecule has 6 nitrogen and oxygen atoms in total. The molecule has 0 fully saturated rings. The van der Waals surface area contributed by atoms with Gasteiger partial charge in [-0.3, -0.25) is 4.79 Å². The minimum Gasteiger partial charge on any atom is -0.486 e. The second-order valence-electron chi connectivity index (χ2n) is 5.57. The Kier molecular flexibility index (Phi) is 4.12. The molecule has 1 aliphatic heterocycles. The molecule has 0 aliphatic carbocycles. The van der Waals surface area contributed by atoms with Gasteiger partial charge in [0, 0.05) is 5.69 Å². The highest BCUT2D eigenvalue weighted by atomic mass is 16.6. The van der Waals surface area contributed by atoms with E-state index >= 15 is 0 Å². The summed E-state index contributed by atoms with van der Waals surface area (Å²) in [6, 6.07) is 8.30. The molecule has 0 saturated carbocycles. The number of nitrogens with one attached hydrogen (secondary N) is 1. The number of aromatic carboxylic acids is 1. The van der Waals surface area contributed by atoms with Crippen molar-refractivity contribution >= 4 is 17.6 Å². The first-order chi connectivity index (χ1) is 11.5. The predicted octanol–water partition coefficient (Wildman–Crippen LogP) is 3.03. The molecular formula is C18H17NO5. The molecule has 0 bridgehead atoms. The van der Waals surface area contributed by atoms with Crippen LogP contribution in [0.2, 0.25) is 0 Å². The summed E-state index contributed by atoms with van der Waals surface area (Å²) in [4.78, 5) is 23.9. The van der Waals surface area contributed by atoms with E-state index < -0.39 is 5.97 Å². The predicted molar refractivity (Wildman–Crippen MR) is 88.3 cm³/mol. The lowest BCUT2D eigenvalue weighted by molar-refractivity contribution is 0.0695. The SMILES string of the molecule is Cc1cc(C)c(C(=O)O)cc1NC(=O)c1cccc2c1OCCO2. The maximum atomic E-state index is 12.6. The second kappa shape index (κ2) is 6.23. The van der Waals surface area contributed by atoms with Crippen LogP contribution >= 0.6 is 0 Å². The van der Waals surface area contributed by atoms with Crippen LogP contribution < -0.4 is 14.8 Å². The molecule has 0 atom stereocenters. The maximum absolute atomic E-state index is 12.6. The van der Waals surface area contributed by atoms with Gasteiger partial charge in [-0.25, -0.2) is 4.79 Å². The Morgan fingerprint density at radius 1 is 1.04 bits per heavy atom. The van der Waals surface area contributed by atoms with Crippen LogP contribution in [0.15, 0.2) is 30.3 Å². The van der Waals surface area contributed by atoms with E-state index in [1.165, 1.54) is 6.07 Å². The summed E-state index contributed by atoms with van der Waals surface area (Å²) in [5.41, 5.74) is 2.39. The molecule has 2 N–H and O–H groups in total. The smallest absolute Gasteiger partial charge is 0.336 e. The Morgan fingerprint density at radius 2 is 1.79 bits per heavy atom. The minimum atomic E-state index is -1.03. The summed E-state index contributed by atoms with van der Waals surface area (Å²) < 4.78 is 11.0. The van der Waals surface area contributed by atoms with Crippen LogP contribution in [0.4, 0.5) is 5.69 Å². The Bertz CT molecular complexity index is 828. The van der Waals surface area contributed by atoms with Gasteiger partial charge in [-0.15, -0.1) is 0 Å². The third kappa shape index (κ3) is 2.90. The van der Waals surface area contributed by atoms with E-state index in [0.29, 0.717) is 41.5 Å². The molecule has 0 aromatic heterocycles. The summed E-state index contributed by atoms with van der Waals surface area (Å²) in [6.07, 6.45) is 0. The Labute approximate surface area is 139 Å². The van der Waals surface area contributed by atoms with Gasteiger partial charge in [0.25, 0.3) is 5.91 Å². The molecule has 0 unspecified atom stereocenters. The topological polar surface area (TPSA) is 84.9 Å². The van der Waals surface area contributed by atoms with E-state index in [-0.39, 0.29) is 11.5 Å². The van der Waals surface area contributed by atoms with Gasteiger partial charge in [-0.1, -0.05) is 12.1 Å². The zero-order valence-electron chi connectivity index (χ0n) is 13.4. The molecule has 0 spiro atoms. The van der Waals surface area contributed by atoms with Crippen molar-refractivity contribution in [1.29, 1.82) is 0 Å². The first-order valence-corrected chi connectivity index (χ1v) is 7.52. The fourth-order valence-corrected chi connectivity index (χ4v) is 2.66. The molecule has 2 aromatic rings. The van der Waals surface area contributed by atoms with Crippen LogP contribution in [-0.4, -0.2) is 30.2 Å². The molecular weight excluding hydrogens is 310 g/mol. The van der Waals surface area contributed by atoms with Crippen molar-refractivity contribution in [2.24, 2.45) is 0 Å². The van der Waals surface area contributed by atoms with E-state index in [2.05, 4.69) is 5.32 Å². The zero-order chi connectivity index (χ0) is 17.3. The number of hydrogen-bond donors (Lipinski definition) is 2. The monoisotopic (exact) mass is 327 g/mol. The molecule has 6 heteroatoms. The van der Waals surface area contributed by atoms with Crippen LogP contribution in [0.5, 0.6) is 11.5 Å². The number of rotatable bonds is 3.